The third-order valence-electron chi connectivity index (χ3n) is 5.64. The molecule has 0 bridgehead atoms. The number of nitrogens with zero attached hydrogens (tertiary/aromatic N) is 1. The van der Waals surface area contributed by atoms with Crippen LogP contribution in [-0.2, 0) is 6.54 Å². The highest BCUT2D eigenvalue weighted by Crippen LogP contribution is 2.24. The molecule has 6 heteroatoms. The van der Waals surface area contributed by atoms with Crippen molar-refractivity contribution in [2.45, 2.75) is 19.4 Å². The van der Waals surface area contributed by atoms with Gasteiger partial charge >= 0.3 is 5.97 Å². The van der Waals surface area contributed by atoms with Gasteiger partial charge in [-0.25, -0.2) is 4.79 Å². The van der Waals surface area contributed by atoms with Crippen LogP contribution < -0.4 is 15.2 Å². The molecule has 3 aromatic carbocycles. The van der Waals surface area contributed by atoms with Crippen LogP contribution in [0.2, 0.25) is 0 Å². The average molecular weight is 437 g/mol. The normalized spacial score (nSPS) is 16.2. The fourth-order valence-electron chi connectivity index (χ4n) is 3.87. The van der Waals surface area contributed by atoms with Crippen molar-refractivity contribution in [3.05, 3.63) is 71.8 Å². The Morgan fingerprint density at radius 1 is 1.09 bits per heavy atom. The second-order valence-corrected chi connectivity index (χ2v) is 8.17. The Balaban J connectivity index is 0.000000243. The van der Waals surface area contributed by atoms with E-state index in [-0.39, 0.29) is 0 Å². The standard InChI is InChI=1S/C18H21NO3.C8H11NO/c1-19-8-2-3-13(11-19)12-22-17-7-6-14-9-16(18(20)21)5-4-15(14)10-17;1-10-8-4-2-3-7(5-8)6-9/h4-7,9-10,13H,2-3,8,11-12H2,1H3,(H,20,21);2-5H,6,9H2,1H3. The molecule has 1 unspecified atom stereocenters. The second-order valence-electron chi connectivity index (χ2n) is 8.17. The molecule has 4 rings (SSSR count). The van der Waals surface area contributed by atoms with E-state index in [1.807, 2.05) is 48.5 Å². The molecule has 0 spiro atoms. The van der Waals surface area contributed by atoms with Crippen molar-refractivity contribution in [1.29, 1.82) is 0 Å². The van der Waals surface area contributed by atoms with Crippen LogP contribution in [-0.4, -0.2) is 49.8 Å². The minimum Gasteiger partial charge on any atom is -0.497 e. The maximum Gasteiger partial charge on any atom is 0.335 e. The predicted octanol–water partition coefficient (Wildman–Crippen LogP) is 4.41. The number of carboxylic acid groups (broad SMARTS) is 1. The molecule has 1 heterocycles. The first kappa shape index (κ1) is 23.6. The monoisotopic (exact) mass is 436 g/mol. The number of aromatic carboxylic acids is 1. The van der Waals surface area contributed by atoms with Crippen molar-refractivity contribution in [2.75, 3.05) is 33.9 Å². The summed E-state index contributed by atoms with van der Waals surface area (Å²) in [5.41, 5.74) is 6.83. The molecular formula is C26H32N2O4. The smallest absolute Gasteiger partial charge is 0.335 e. The van der Waals surface area contributed by atoms with Gasteiger partial charge in [-0.15, -0.1) is 0 Å². The Bertz CT molecular complexity index is 1020. The van der Waals surface area contributed by atoms with Gasteiger partial charge in [0.15, 0.2) is 0 Å². The topological polar surface area (TPSA) is 85.0 Å². The first-order valence-electron chi connectivity index (χ1n) is 10.9. The summed E-state index contributed by atoms with van der Waals surface area (Å²) in [6, 6.07) is 18.7. The number of piperidine rings is 1. The quantitative estimate of drug-likeness (QED) is 0.595. The van der Waals surface area contributed by atoms with Crippen LogP contribution in [0.5, 0.6) is 11.5 Å². The van der Waals surface area contributed by atoms with E-state index < -0.39 is 5.97 Å². The molecule has 0 aliphatic carbocycles. The number of ether oxygens (including phenoxy) is 2. The van der Waals surface area contributed by atoms with Gasteiger partial charge in [0.1, 0.15) is 11.5 Å². The summed E-state index contributed by atoms with van der Waals surface area (Å²) >= 11 is 0. The Morgan fingerprint density at radius 3 is 2.59 bits per heavy atom. The molecular weight excluding hydrogens is 404 g/mol. The summed E-state index contributed by atoms with van der Waals surface area (Å²) in [4.78, 5) is 13.3. The Kier molecular flexibility index (Phi) is 8.48. The molecule has 0 amide bonds. The second kappa shape index (κ2) is 11.5. The summed E-state index contributed by atoms with van der Waals surface area (Å²) in [5.74, 6) is 1.40. The summed E-state index contributed by atoms with van der Waals surface area (Å²) in [7, 11) is 3.80. The number of hydrogen-bond donors (Lipinski definition) is 2. The Labute approximate surface area is 189 Å². The van der Waals surface area contributed by atoms with Gasteiger partial charge in [-0.3, -0.25) is 0 Å². The first-order chi connectivity index (χ1) is 15.5. The van der Waals surface area contributed by atoms with E-state index in [9.17, 15) is 4.79 Å². The van der Waals surface area contributed by atoms with Crippen LogP contribution >= 0.6 is 0 Å². The molecule has 1 saturated heterocycles. The van der Waals surface area contributed by atoms with Crippen molar-refractivity contribution >= 4 is 16.7 Å². The molecule has 3 N–H and O–H groups in total. The molecule has 1 atom stereocenters. The van der Waals surface area contributed by atoms with E-state index in [0.717, 1.165) is 41.0 Å². The fraction of sp³-hybridized carbons (Fsp3) is 0.346. The molecule has 170 valence electrons. The van der Waals surface area contributed by atoms with E-state index in [4.69, 9.17) is 20.3 Å². The zero-order valence-electron chi connectivity index (χ0n) is 18.8. The molecule has 1 fully saturated rings. The summed E-state index contributed by atoms with van der Waals surface area (Å²) < 4.78 is 10.9. The van der Waals surface area contributed by atoms with Gasteiger partial charge in [-0.1, -0.05) is 24.3 Å². The van der Waals surface area contributed by atoms with Crippen LogP contribution in [0.15, 0.2) is 60.7 Å². The number of fused-ring (bicyclic) bond motifs is 1. The van der Waals surface area contributed by atoms with E-state index in [1.165, 1.54) is 19.4 Å². The number of likely N-dealkylation sites (tertiary alicyclic amines) is 1. The fourth-order valence-corrected chi connectivity index (χ4v) is 3.87. The average Bonchev–Trinajstić information content (AvgIpc) is 2.82. The Hall–Kier alpha value is -3.09. The molecule has 3 aromatic rings. The van der Waals surface area contributed by atoms with Crippen molar-refractivity contribution in [3.8, 4) is 11.5 Å². The summed E-state index contributed by atoms with van der Waals surface area (Å²) in [6.45, 7) is 3.58. The van der Waals surface area contributed by atoms with Crippen LogP contribution in [0, 0.1) is 5.92 Å². The SMILES string of the molecule is CN1CCCC(COc2ccc3cc(C(=O)O)ccc3c2)C1.COc1cccc(CN)c1. The minimum atomic E-state index is -0.899. The lowest BCUT2D eigenvalue weighted by molar-refractivity contribution is 0.0697. The largest absolute Gasteiger partial charge is 0.497 e. The van der Waals surface area contributed by atoms with Gasteiger partial charge in [0.05, 0.1) is 19.3 Å². The Morgan fingerprint density at radius 2 is 1.88 bits per heavy atom. The summed E-state index contributed by atoms with van der Waals surface area (Å²) in [6.07, 6.45) is 2.46. The highest BCUT2D eigenvalue weighted by molar-refractivity contribution is 5.94. The zero-order chi connectivity index (χ0) is 22.9. The summed E-state index contributed by atoms with van der Waals surface area (Å²) in [5, 5.41) is 10.9. The van der Waals surface area contributed by atoms with Gasteiger partial charge < -0.3 is 25.2 Å². The number of nitrogens with two attached hydrogens (primary N) is 1. The molecule has 0 saturated carbocycles. The van der Waals surface area contributed by atoms with Gasteiger partial charge in [0, 0.05) is 19.0 Å². The van der Waals surface area contributed by atoms with Crippen molar-refractivity contribution in [1.82, 2.24) is 4.90 Å². The molecule has 1 aliphatic heterocycles. The number of carbonyl (C=O) groups is 1. The minimum absolute atomic E-state index is 0.311. The van der Waals surface area contributed by atoms with Crippen LogP contribution in [0.4, 0.5) is 0 Å². The molecule has 1 aliphatic rings. The predicted molar refractivity (Wildman–Crippen MR) is 128 cm³/mol. The maximum atomic E-state index is 11.0. The van der Waals surface area contributed by atoms with Crippen LogP contribution in [0.1, 0.15) is 28.8 Å². The number of methoxy groups -OCH3 is 1. The van der Waals surface area contributed by atoms with Crippen molar-refractivity contribution in [2.24, 2.45) is 11.7 Å². The van der Waals surface area contributed by atoms with Gasteiger partial charge in [-0.05, 0) is 79.2 Å². The van der Waals surface area contributed by atoms with Crippen molar-refractivity contribution in [3.63, 3.8) is 0 Å². The first-order valence-corrected chi connectivity index (χ1v) is 10.9. The third kappa shape index (κ3) is 6.70. The van der Waals surface area contributed by atoms with E-state index in [2.05, 4.69) is 11.9 Å². The van der Waals surface area contributed by atoms with Crippen molar-refractivity contribution < 1.29 is 19.4 Å². The molecule has 6 nitrogen and oxygen atoms in total. The number of rotatable bonds is 6. The van der Waals surface area contributed by atoms with E-state index in [1.54, 1.807) is 19.2 Å². The van der Waals surface area contributed by atoms with E-state index in [0.29, 0.717) is 18.0 Å². The molecule has 32 heavy (non-hydrogen) atoms. The number of benzene rings is 3. The molecule has 0 aromatic heterocycles. The number of hydrogen-bond acceptors (Lipinski definition) is 5. The number of carboxylic acids is 1. The lowest BCUT2D eigenvalue weighted by atomic mass is 9.99. The lowest BCUT2D eigenvalue weighted by Gasteiger charge is -2.29. The van der Waals surface area contributed by atoms with Gasteiger partial charge in [0.2, 0.25) is 0 Å². The van der Waals surface area contributed by atoms with Gasteiger partial charge in [-0.2, -0.15) is 0 Å². The van der Waals surface area contributed by atoms with Gasteiger partial charge in [0.25, 0.3) is 0 Å². The highest BCUT2D eigenvalue weighted by Gasteiger charge is 2.17. The lowest BCUT2D eigenvalue weighted by Crippen LogP contribution is -2.34. The van der Waals surface area contributed by atoms with Crippen LogP contribution in [0.25, 0.3) is 10.8 Å². The highest BCUT2D eigenvalue weighted by atomic mass is 16.5. The zero-order valence-corrected chi connectivity index (χ0v) is 18.8. The molecule has 0 radical (unpaired) electrons. The maximum absolute atomic E-state index is 11.0. The third-order valence-corrected chi connectivity index (χ3v) is 5.64. The van der Waals surface area contributed by atoms with Crippen LogP contribution in [0.3, 0.4) is 0 Å². The van der Waals surface area contributed by atoms with E-state index >= 15 is 0 Å².